The molecular formula is C25H28N4O4S2. The van der Waals surface area contributed by atoms with Crippen LogP contribution >= 0.6 is 22.7 Å². The highest BCUT2D eigenvalue weighted by Gasteiger charge is 2.27. The standard InChI is InChI=1S/C25H28N4O4S2/c1-15(2)33-19-7-5-18(6-8-19)25(32)29-12-10-17(11-13-29)24-26-20(14-34-24)22(30)27-28-23(31)21-9-4-16(3)35-21/h4-9,14-15,17H,10-13H2,1-3H3,(H,27,30)(H,28,31). The molecule has 10 heteroatoms. The number of hydrogen-bond acceptors (Lipinski definition) is 7. The average Bonchev–Trinajstić information content (AvgIpc) is 3.52. The van der Waals surface area contributed by atoms with Gasteiger partial charge in [-0.25, -0.2) is 4.98 Å². The molecule has 2 aromatic heterocycles. The van der Waals surface area contributed by atoms with Crippen molar-refractivity contribution in [2.24, 2.45) is 0 Å². The van der Waals surface area contributed by atoms with Gasteiger partial charge >= 0.3 is 0 Å². The molecule has 35 heavy (non-hydrogen) atoms. The number of likely N-dealkylation sites (tertiary alicyclic amines) is 1. The van der Waals surface area contributed by atoms with E-state index >= 15 is 0 Å². The molecule has 8 nitrogen and oxygen atoms in total. The average molecular weight is 513 g/mol. The summed E-state index contributed by atoms with van der Waals surface area (Å²) in [4.78, 5) is 45.3. The van der Waals surface area contributed by atoms with E-state index in [1.807, 2.05) is 43.9 Å². The van der Waals surface area contributed by atoms with E-state index in [-0.39, 0.29) is 29.5 Å². The first-order valence-electron chi connectivity index (χ1n) is 11.5. The second kappa shape index (κ2) is 11.0. The van der Waals surface area contributed by atoms with E-state index in [4.69, 9.17) is 4.74 Å². The van der Waals surface area contributed by atoms with Crippen LogP contribution in [0.5, 0.6) is 5.75 Å². The first-order chi connectivity index (χ1) is 16.8. The molecule has 4 rings (SSSR count). The van der Waals surface area contributed by atoms with Crippen LogP contribution in [-0.2, 0) is 0 Å². The van der Waals surface area contributed by atoms with Gasteiger partial charge in [0.05, 0.1) is 16.0 Å². The summed E-state index contributed by atoms with van der Waals surface area (Å²) in [6.07, 6.45) is 1.65. The quantitative estimate of drug-likeness (QED) is 0.477. The van der Waals surface area contributed by atoms with Crippen molar-refractivity contribution in [2.75, 3.05) is 13.1 Å². The van der Waals surface area contributed by atoms with Gasteiger partial charge in [0.1, 0.15) is 11.4 Å². The summed E-state index contributed by atoms with van der Waals surface area (Å²) in [7, 11) is 0. The number of aromatic nitrogens is 1. The maximum Gasteiger partial charge on any atom is 0.289 e. The van der Waals surface area contributed by atoms with Crippen LogP contribution in [0.25, 0.3) is 0 Å². The largest absolute Gasteiger partial charge is 0.491 e. The van der Waals surface area contributed by atoms with Gasteiger partial charge in [-0.15, -0.1) is 22.7 Å². The maximum atomic E-state index is 12.9. The SMILES string of the molecule is Cc1ccc(C(=O)NNC(=O)c2csc(C3CCN(C(=O)c4ccc(OC(C)C)cc4)CC3)n2)s1. The van der Waals surface area contributed by atoms with Gasteiger partial charge in [-0.05, 0) is 70.0 Å². The second-order valence-corrected chi connectivity index (χ2v) is 10.8. The summed E-state index contributed by atoms with van der Waals surface area (Å²) in [6, 6.07) is 10.8. The Bertz CT molecular complexity index is 1190. The molecule has 2 N–H and O–H groups in total. The fourth-order valence-corrected chi connectivity index (χ4v) is 5.57. The topological polar surface area (TPSA) is 101 Å². The van der Waals surface area contributed by atoms with Crippen molar-refractivity contribution in [3.8, 4) is 5.75 Å². The Morgan fingerprint density at radius 3 is 2.34 bits per heavy atom. The second-order valence-electron chi connectivity index (χ2n) is 8.65. The number of benzene rings is 1. The Balaban J connectivity index is 1.27. The van der Waals surface area contributed by atoms with Crippen molar-refractivity contribution in [1.29, 1.82) is 0 Å². The van der Waals surface area contributed by atoms with Crippen LogP contribution < -0.4 is 15.6 Å². The highest BCUT2D eigenvalue weighted by atomic mass is 32.1. The summed E-state index contributed by atoms with van der Waals surface area (Å²) in [5, 5.41) is 2.57. The number of ether oxygens (including phenoxy) is 1. The number of hydrazine groups is 1. The van der Waals surface area contributed by atoms with Gasteiger partial charge in [0.15, 0.2) is 0 Å². The molecular weight excluding hydrogens is 484 g/mol. The molecule has 3 aromatic rings. The van der Waals surface area contributed by atoms with Gasteiger partial charge < -0.3 is 9.64 Å². The monoisotopic (exact) mass is 512 g/mol. The van der Waals surface area contributed by atoms with Crippen LogP contribution in [0.3, 0.4) is 0 Å². The van der Waals surface area contributed by atoms with Crippen LogP contribution in [0.4, 0.5) is 0 Å². The minimum atomic E-state index is -0.452. The van der Waals surface area contributed by atoms with E-state index in [0.29, 0.717) is 23.5 Å². The summed E-state index contributed by atoms with van der Waals surface area (Å²) >= 11 is 2.79. The lowest BCUT2D eigenvalue weighted by Gasteiger charge is -2.31. The van der Waals surface area contributed by atoms with Crippen molar-refractivity contribution in [3.05, 3.63) is 67.8 Å². The van der Waals surface area contributed by atoms with E-state index < -0.39 is 5.91 Å². The number of thiophene rings is 1. The Hall–Kier alpha value is -3.24. The molecule has 0 atom stereocenters. The molecule has 0 saturated carbocycles. The third-order valence-corrected chi connectivity index (χ3v) is 7.62. The lowest BCUT2D eigenvalue weighted by atomic mass is 9.97. The van der Waals surface area contributed by atoms with E-state index in [1.165, 1.54) is 22.7 Å². The van der Waals surface area contributed by atoms with Gasteiger partial charge in [-0.1, -0.05) is 0 Å². The predicted molar refractivity (Wildman–Crippen MR) is 136 cm³/mol. The zero-order valence-corrected chi connectivity index (χ0v) is 21.5. The van der Waals surface area contributed by atoms with Gasteiger partial charge in [0.25, 0.3) is 17.7 Å². The van der Waals surface area contributed by atoms with Crippen LogP contribution in [0.15, 0.2) is 41.8 Å². The first kappa shape index (κ1) is 24.9. The number of nitrogens with zero attached hydrogens (tertiary/aromatic N) is 2. The summed E-state index contributed by atoms with van der Waals surface area (Å²) in [5.74, 6) is 0.143. The first-order valence-corrected chi connectivity index (χ1v) is 13.2. The zero-order valence-electron chi connectivity index (χ0n) is 19.9. The Labute approximate surface area is 212 Å². The van der Waals surface area contributed by atoms with Crippen molar-refractivity contribution < 1.29 is 19.1 Å². The minimum Gasteiger partial charge on any atom is -0.491 e. The highest BCUT2D eigenvalue weighted by Crippen LogP contribution is 2.31. The number of hydrogen-bond donors (Lipinski definition) is 2. The van der Waals surface area contributed by atoms with Crippen LogP contribution in [0.2, 0.25) is 0 Å². The van der Waals surface area contributed by atoms with Crippen molar-refractivity contribution in [1.82, 2.24) is 20.7 Å². The van der Waals surface area contributed by atoms with Gasteiger partial charge in [-0.2, -0.15) is 0 Å². The van der Waals surface area contributed by atoms with E-state index in [0.717, 1.165) is 28.5 Å². The summed E-state index contributed by atoms with van der Waals surface area (Å²) in [5.41, 5.74) is 5.78. The van der Waals surface area contributed by atoms with Gasteiger partial charge in [0.2, 0.25) is 0 Å². The fourth-order valence-electron chi connectivity index (χ4n) is 3.84. The zero-order chi connectivity index (χ0) is 24.9. The number of piperidine rings is 1. The molecule has 3 heterocycles. The van der Waals surface area contributed by atoms with Crippen LogP contribution in [-0.4, -0.2) is 46.8 Å². The molecule has 1 saturated heterocycles. The summed E-state index contributed by atoms with van der Waals surface area (Å²) < 4.78 is 5.64. The number of carbonyl (C=O) groups is 3. The van der Waals surface area contributed by atoms with Crippen molar-refractivity contribution in [3.63, 3.8) is 0 Å². The number of nitrogens with one attached hydrogen (secondary N) is 2. The molecule has 0 spiro atoms. The lowest BCUT2D eigenvalue weighted by Crippen LogP contribution is -2.41. The maximum absolute atomic E-state index is 12.9. The number of amides is 3. The fraction of sp³-hybridized carbons (Fsp3) is 0.360. The van der Waals surface area contributed by atoms with Gasteiger partial charge in [-0.3, -0.25) is 25.2 Å². The molecule has 1 aliphatic rings. The third kappa shape index (κ3) is 6.26. The van der Waals surface area contributed by atoms with Crippen molar-refractivity contribution >= 4 is 40.4 Å². The number of rotatable bonds is 6. The Morgan fingerprint density at radius 1 is 1.03 bits per heavy atom. The van der Waals surface area contributed by atoms with Crippen LogP contribution in [0.1, 0.15) is 73.0 Å². The minimum absolute atomic E-state index is 0.00966. The molecule has 1 aromatic carbocycles. The lowest BCUT2D eigenvalue weighted by molar-refractivity contribution is 0.0712. The van der Waals surface area contributed by atoms with Crippen LogP contribution in [0, 0.1) is 6.92 Å². The normalized spacial score (nSPS) is 14.1. The molecule has 0 bridgehead atoms. The van der Waals surface area contributed by atoms with Gasteiger partial charge in [0, 0.05) is 34.8 Å². The molecule has 0 unspecified atom stereocenters. The third-order valence-electron chi connectivity index (χ3n) is 5.61. The molecule has 1 fully saturated rings. The van der Waals surface area contributed by atoms with E-state index in [1.54, 1.807) is 23.6 Å². The molecule has 0 aliphatic carbocycles. The Kier molecular flexibility index (Phi) is 7.82. The molecule has 3 amide bonds. The van der Waals surface area contributed by atoms with E-state index in [2.05, 4.69) is 15.8 Å². The highest BCUT2D eigenvalue weighted by molar-refractivity contribution is 7.14. The molecule has 184 valence electrons. The smallest absolute Gasteiger partial charge is 0.289 e. The summed E-state index contributed by atoms with van der Waals surface area (Å²) in [6.45, 7) is 7.10. The Morgan fingerprint density at radius 2 is 1.71 bits per heavy atom. The predicted octanol–water partition coefficient (Wildman–Crippen LogP) is 4.39. The molecule has 1 aliphatic heterocycles. The van der Waals surface area contributed by atoms with E-state index in [9.17, 15) is 14.4 Å². The number of thiazole rings is 1. The number of aryl methyl sites for hydroxylation is 1. The number of carbonyl (C=O) groups excluding carboxylic acids is 3. The molecule has 0 radical (unpaired) electrons. The van der Waals surface area contributed by atoms with Crippen molar-refractivity contribution in [2.45, 2.75) is 45.6 Å².